The van der Waals surface area contributed by atoms with Crippen LogP contribution in [0.5, 0.6) is 0 Å². The lowest BCUT2D eigenvalue weighted by Crippen LogP contribution is -2.59. The van der Waals surface area contributed by atoms with Crippen molar-refractivity contribution in [2.75, 3.05) is 12.1 Å². The first-order chi connectivity index (χ1) is 8.54. The number of nitrogens with one attached hydrogen (secondary N) is 1. The van der Waals surface area contributed by atoms with Gasteiger partial charge in [-0.25, -0.2) is 8.42 Å². The fraction of sp³-hybridized carbons (Fsp3) is 0.923. The molecule has 1 N–H and O–H groups in total. The number of sulfone groups is 1. The van der Waals surface area contributed by atoms with Gasteiger partial charge in [-0.2, -0.15) is 0 Å². The van der Waals surface area contributed by atoms with E-state index in [9.17, 15) is 13.2 Å². The zero-order valence-corrected chi connectivity index (χ0v) is 13.7. The molecule has 1 amide bonds. The molecule has 112 valence electrons. The van der Waals surface area contributed by atoms with Gasteiger partial charge in [-0.1, -0.05) is 19.8 Å². The molecule has 0 aromatic carbocycles. The molecule has 2 atom stereocenters. The Morgan fingerprint density at radius 2 is 2.05 bits per heavy atom. The molecule has 19 heavy (non-hydrogen) atoms. The van der Waals surface area contributed by atoms with E-state index < -0.39 is 26.0 Å². The first-order valence-corrected chi connectivity index (χ1v) is 9.05. The minimum absolute atomic E-state index is 0.322. The summed E-state index contributed by atoms with van der Waals surface area (Å²) in [5.74, 6) is 0.363. The van der Waals surface area contributed by atoms with Crippen LogP contribution in [0.4, 0.5) is 0 Å². The molecule has 6 heteroatoms. The summed E-state index contributed by atoms with van der Waals surface area (Å²) >= 11 is 6.05. The summed E-state index contributed by atoms with van der Waals surface area (Å²) in [5.41, 5.74) is -0.460. The Kier molecular flexibility index (Phi) is 4.94. The van der Waals surface area contributed by atoms with Crippen LogP contribution in [0.3, 0.4) is 0 Å². The Hall–Kier alpha value is -0.290. The molecule has 1 rings (SSSR count). The van der Waals surface area contributed by atoms with Crippen LogP contribution < -0.4 is 5.32 Å². The fourth-order valence-corrected chi connectivity index (χ4v) is 3.19. The Morgan fingerprint density at radius 1 is 1.47 bits per heavy atom. The van der Waals surface area contributed by atoms with E-state index in [1.165, 1.54) is 13.8 Å². The molecule has 0 bridgehead atoms. The summed E-state index contributed by atoms with van der Waals surface area (Å²) < 4.78 is 22.0. The number of rotatable bonds is 4. The summed E-state index contributed by atoms with van der Waals surface area (Å²) in [6.45, 7) is 5.01. The molecule has 0 spiro atoms. The second kappa shape index (κ2) is 5.60. The zero-order valence-electron chi connectivity index (χ0n) is 12.1. The molecule has 0 aromatic heterocycles. The number of alkyl halides is 1. The van der Waals surface area contributed by atoms with E-state index in [0.717, 1.165) is 31.9 Å². The minimum Gasteiger partial charge on any atom is -0.348 e. The molecule has 2 unspecified atom stereocenters. The lowest BCUT2D eigenvalue weighted by Gasteiger charge is -2.41. The molecule has 0 aliphatic heterocycles. The smallest absolute Gasteiger partial charge is 0.241 e. The highest BCUT2D eigenvalue weighted by Gasteiger charge is 2.43. The Morgan fingerprint density at radius 3 is 2.47 bits per heavy atom. The van der Waals surface area contributed by atoms with E-state index >= 15 is 0 Å². The van der Waals surface area contributed by atoms with Crippen LogP contribution in [-0.4, -0.2) is 36.7 Å². The summed E-state index contributed by atoms with van der Waals surface area (Å²) in [4.78, 5) is 12.3. The van der Waals surface area contributed by atoms with Crippen LogP contribution >= 0.6 is 11.6 Å². The van der Waals surface area contributed by atoms with E-state index in [2.05, 4.69) is 12.2 Å². The molecule has 1 aliphatic rings. The van der Waals surface area contributed by atoms with Gasteiger partial charge in [0.1, 0.15) is 4.75 Å². The number of hydrogen-bond acceptors (Lipinski definition) is 3. The van der Waals surface area contributed by atoms with Gasteiger partial charge >= 0.3 is 0 Å². The van der Waals surface area contributed by atoms with Crippen molar-refractivity contribution >= 4 is 27.3 Å². The lowest BCUT2D eigenvalue weighted by molar-refractivity contribution is -0.125. The molecular weight excluding hydrogens is 286 g/mol. The number of halogens is 1. The molecule has 0 radical (unpaired) electrons. The van der Waals surface area contributed by atoms with Gasteiger partial charge in [0.25, 0.3) is 0 Å². The van der Waals surface area contributed by atoms with Crippen molar-refractivity contribution in [2.24, 2.45) is 5.92 Å². The Bertz CT molecular complexity index is 447. The molecule has 1 saturated carbocycles. The van der Waals surface area contributed by atoms with Gasteiger partial charge in [0, 0.05) is 12.1 Å². The first-order valence-electron chi connectivity index (χ1n) is 6.62. The largest absolute Gasteiger partial charge is 0.348 e. The quantitative estimate of drug-likeness (QED) is 0.809. The topological polar surface area (TPSA) is 63.2 Å². The monoisotopic (exact) mass is 309 g/mol. The van der Waals surface area contributed by atoms with Crippen LogP contribution in [0, 0.1) is 5.92 Å². The van der Waals surface area contributed by atoms with Gasteiger partial charge in [0.2, 0.25) is 5.91 Å². The summed E-state index contributed by atoms with van der Waals surface area (Å²) in [6.07, 6.45) is 4.84. The maximum atomic E-state index is 12.3. The number of carbonyl (C=O) groups excluding carboxylic acids is 1. The maximum absolute atomic E-state index is 12.3. The predicted octanol–water partition coefficient (Wildman–Crippen LogP) is 2.11. The normalized spacial score (nSPS) is 29.0. The van der Waals surface area contributed by atoms with Crippen LogP contribution in [0.1, 0.15) is 46.5 Å². The van der Waals surface area contributed by atoms with Gasteiger partial charge < -0.3 is 5.32 Å². The molecule has 1 fully saturated rings. The van der Waals surface area contributed by atoms with E-state index in [1.807, 2.05) is 0 Å². The lowest BCUT2D eigenvalue weighted by atomic mass is 9.77. The number of carbonyl (C=O) groups is 1. The van der Waals surface area contributed by atoms with Gasteiger partial charge in [-0.05, 0) is 32.6 Å². The SMILES string of the molecule is CC1CCCC(CCl)(NC(=O)C(C)(C)S(C)(=O)=O)C1. The Balaban J connectivity index is 2.90. The van der Waals surface area contributed by atoms with Gasteiger partial charge in [-0.3, -0.25) is 4.79 Å². The predicted molar refractivity (Wildman–Crippen MR) is 78.1 cm³/mol. The summed E-state index contributed by atoms with van der Waals surface area (Å²) in [7, 11) is -3.46. The first kappa shape index (κ1) is 16.8. The third-order valence-corrected chi connectivity index (χ3v) is 6.75. The van der Waals surface area contributed by atoms with Crippen LogP contribution in [0.15, 0.2) is 0 Å². The van der Waals surface area contributed by atoms with Gasteiger partial charge in [-0.15, -0.1) is 11.6 Å². The maximum Gasteiger partial charge on any atom is 0.241 e. The van der Waals surface area contributed by atoms with E-state index in [-0.39, 0.29) is 0 Å². The van der Waals surface area contributed by atoms with E-state index in [4.69, 9.17) is 11.6 Å². The van der Waals surface area contributed by atoms with Crippen LogP contribution in [0.25, 0.3) is 0 Å². The van der Waals surface area contributed by atoms with Crippen molar-refractivity contribution < 1.29 is 13.2 Å². The van der Waals surface area contributed by atoms with Crippen LogP contribution in [-0.2, 0) is 14.6 Å². The standard InChI is InChI=1S/C13H24ClNO3S/c1-10-6-5-7-13(8-10,9-14)15-11(16)12(2,3)19(4,17)18/h10H,5-9H2,1-4H3,(H,15,16). The van der Waals surface area contributed by atoms with Crippen molar-refractivity contribution in [3.63, 3.8) is 0 Å². The van der Waals surface area contributed by atoms with Gasteiger partial charge in [0.05, 0.1) is 5.54 Å². The minimum atomic E-state index is -3.46. The highest BCUT2D eigenvalue weighted by Crippen LogP contribution is 2.34. The third kappa shape index (κ3) is 3.63. The summed E-state index contributed by atoms with van der Waals surface area (Å²) in [6, 6.07) is 0. The molecule has 4 nitrogen and oxygen atoms in total. The molecule has 0 saturated heterocycles. The summed E-state index contributed by atoms with van der Waals surface area (Å²) in [5, 5.41) is 2.91. The van der Waals surface area contributed by atoms with Crippen molar-refractivity contribution in [2.45, 2.75) is 56.7 Å². The van der Waals surface area contributed by atoms with E-state index in [0.29, 0.717) is 11.8 Å². The highest BCUT2D eigenvalue weighted by molar-refractivity contribution is 7.92. The van der Waals surface area contributed by atoms with Crippen molar-refractivity contribution in [1.82, 2.24) is 5.32 Å². The van der Waals surface area contributed by atoms with Gasteiger partial charge in [0.15, 0.2) is 9.84 Å². The number of amides is 1. The highest BCUT2D eigenvalue weighted by atomic mass is 35.5. The van der Waals surface area contributed by atoms with E-state index in [1.54, 1.807) is 0 Å². The zero-order chi connectivity index (χ0) is 14.9. The van der Waals surface area contributed by atoms with Crippen molar-refractivity contribution in [3.8, 4) is 0 Å². The van der Waals surface area contributed by atoms with Crippen molar-refractivity contribution in [1.29, 1.82) is 0 Å². The molecule has 0 heterocycles. The average Bonchev–Trinajstić information content (AvgIpc) is 2.27. The molecule has 1 aliphatic carbocycles. The average molecular weight is 310 g/mol. The van der Waals surface area contributed by atoms with Crippen molar-refractivity contribution in [3.05, 3.63) is 0 Å². The Labute approximate surface area is 121 Å². The second-order valence-electron chi connectivity index (χ2n) is 6.35. The molecule has 0 aromatic rings. The third-order valence-electron chi connectivity index (χ3n) is 4.20. The van der Waals surface area contributed by atoms with Crippen LogP contribution in [0.2, 0.25) is 0 Å². The fourth-order valence-electron chi connectivity index (χ4n) is 2.49. The molecular formula is C13H24ClNO3S. The second-order valence-corrected chi connectivity index (χ2v) is 9.18. The number of hydrogen-bond donors (Lipinski definition) is 1.